The van der Waals surface area contributed by atoms with E-state index in [1.165, 1.54) is 0 Å². The van der Waals surface area contributed by atoms with E-state index < -0.39 is 6.10 Å². The van der Waals surface area contributed by atoms with Crippen LogP contribution in [-0.2, 0) is 4.74 Å². The molecule has 1 heterocycles. The predicted molar refractivity (Wildman–Crippen MR) is 69.0 cm³/mol. The number of nitrogens with zero attached hydrogens (tertiary/aromatic N) is 2. The molecule has 100 valence electrons. The van der Waals surface area contributed by atoms with Gasteiger partial charge in [0.25, 0.3) is 5.91 Å². The molecule has 2 rings (SSSR count). The van der Waals surface area contributed by atoms with Crippen LogP contribution in [0.25, 0.3) is 0 Å². The van der Waals surface area contributed by atoms with Gasteiger partial charge in [-0.1, -0.05) is 6.07 Å². The minimum absolute atomic E-state index is 0.0955. The number of carbonyl (C=O) groups excluding carboxylic acids is 1. The Labute approximate surface area is 112 Å². The van der Waals surface area contributed by atoms with Crippen LogP contribution in [0.15, 0.2) is 18.2 Å². The molecule has 1 fully saturated rings. The Kier molecular flexibility index (Phi) is 4.03. The zero-order valence-electron chi connectivity index (χ0n) is 11.0. The lowest BCUT2D eigenvalue weighted by Crippen LogP contribution is -2.45. The lowest BCUT2D eigenvalue weighted by Gasteiger charge is -2.29. The molecule has 1 aliphatic heterocycles. The van der Waals surface area contributed by atoms with Gasteiger partial charge in [-0.15, -0.1) is 0 Å². The Hall–Kier alpha value is -2.06. The Morgan fingerprint density at radius 2 is 2.37 bits per heavy atom. The number of methoxy groups -OCH3 is 1. The van der Waals surface area contributed by atoms with E-state index in [4.69, 9.17) is 14.7 Å². The number of morpholine rings is 1. The highest BCUT2D eigenvalue weighted by atomic mass is 16.5. The molecule has 1 aromatic carbocycles. The Morgan fingerprint density at radius 1 is 1.58 bits per heavy atom. The highest BCUT2D eigenvalue weighted by molar-refractivity contribution is 5.94. The molecule has 1 saturated heterocycles. The second kappa shape index (κ2) is 5.72. The van der Waals surface area contributed by atoms with Gasteiger partial charge in [-0.2, -0.15) is 5.26 Å². The Bertz CT molecular complexity index is 522. The largest absolute Gasteiger partial charge is 0.496 e. The first-order valence-corrected chi connectivity index (χ1v) is 6.11. The van der Waals surface area contributed by atoms with Crippen molar-refractivity contribution in [3.05, 3.63) is 29.3 Å². The van der Waals surface area contributed by atoms with Crippen molar-refractivity contribution in [2.45, 2.75) is 13.0 Å². The Morgan fingerprint density at radius 3 is 3.05 bits per heavy atom. The summed E-state index contributed by atoms with van der Waals surface area (Å²) < 4.78 is 10.4. The first kappa shape index (κ1) is 13.4. The van der Waals surface area contributed by atoms with Crippen molar-refractivity contribution >= 4 is 5.91 Å². The SMILES string of the molecule is COc1cc(C(=O)N2CCOC(C#N)C2)ccc1C. The minimum Gasteiger partial charge on any atom is -0.496 e. The molecule has 1 amide bonds. The van der Waals surface area contributed by atoms with Crippen molar-refractivity contribution < 1.29 is 14.3 Å². The zero-order valence-corrected chi connectivity index (χ0v) is 11.0. The lowest BCUT2D eigenvalue weighted by molar-refractivity contribution is 0.00345. The summed E-state index contributed by atoms with van der Waals surface area (Å²) in [6.45, 7) is 3.14. The molecular formula is C14H16N2O3. The third-order valence-electron chi connectivity index (χ3n) is 3.15. The van der Waals surface area contributed by atoms with Crippen molar-refractivity contribution in [2.24, 2.45) is 0 Å². The van der Waals surface area contributed by atoms with Crippen LogP contribution in [-0.4, -0.2) is 43.7 Å². The van der Waals surface area contributed by atoms with Crippen LogP contribution in [0.1, 0.15) is 15.9 Å². The van der Waals surface area contributed by atoms with Gasteiger partial charge in [-0.05, 0) is 24.6 Å². The number of amides is 1. The maximum Gasteiger partial charge on any atom is 0.254 e. The summed E-state index contributed by atoms with van der Waals surface area (Å²) in [5.41, 5.74) is 1.55. The molecule has 19 heavy (non-hydrogen) atoms. The van der Waals surface area contributed by atoms with Crippen LogP contribution in [0.2, 0.25) is 0 Å². The molecule has 0 spiro atoms. The van der Waals surface area contributed by atoms with Gasteiger partial charge < -0.3 is 14.4 Å². The highest BCUT2D eigenvalue weighted by Gasteiger charge is 2.25. The van der Waals surface area contributed by atoms with E-state index >= 15 is 0 Å². The number of rotatable bonds is 2. The van der Waals surface area contributed by atoms with Gasteiger partial charge in [-0.3, -0.25) is 4.79 Å². The molecular weight excluding hydrogens is 244 g/mol. The average Bonchev–Trinajstić information content (AvgIpc) is 2.47. The standard InChI is InChI=1S/C14H16N2O3/c1-10-3-4-11(7-13(10)18-2)14(17)16-5-6-19-12(8-15)9-16/h3-4,7,12H,5-6,9H2,1-2H3. The third kappa shape index (κ3) is 2.85. The second-order valence-corrected chi connectivity index (χ2v) is 4.42. The van der Waals surface area contributed by atoms with Crippen molar-refractivity contribution in [3.8, 4) is 11.8 Å². The van der Waals surface area contributed by atoms with Crippen LogP contribution in [0.3, 0.4) is 0 Å². The van der Waals surface area contributed by atoms with Crippen LogP contribution >= 0.6 is 0 Å². The van der Waals surface area contributed by atoms with Gasteiger partial charge in [0, 0.05) is 12.1 Å². The fourth-order valence-corrected chi connectivity index (χ4v) is 2.05. The van der Waals surface area contributed by atoms with E-state index in [1.807, 2.05) is 19.1 Å². The van der Waals surface area contributed by atoms with E-state index in [9.17, 15) is 4.79 Å². The zero-order chi connectivity index (χ0) is 13.8. The molecule has 0 aliphatic carbocycles. The van der Waals surface area contributed by atoms with Gasteiger partial charge in [0.1, 0.15) is 5.75 Å². The average molecular weight is 260 g/mol. The molecule has 0 bridgehead atoms. The number of aryl methyl sites for hydroxylation is 1. The summed E-state index contributed by atoms with van der Waals surface area (Å²) in [6, 6.07) is 7.39. The molecule has 1 aromatic rings. The minimum atomic E-state index is -0.537. The molecule has 5 heteroatoms. The van der Waals surface area contributed by atoms with Crippen molar-refractivity contribution in [1.82, 2.24) is 4.90 Å². The number of benzene rings is 1. The van der Waals surface area contributed by atoms with Gasteiger partial charge in [0.15, 0.2) is 6.10 Å². The quantitative estimate of drug-likeness (QED) is 0.805. The first-order chi connectivity index (χ1) is 9.15. The summed E-state index contributed by atoms with van der Waals surface area (Å²) >= 11 is 0. The fourth-order valence-electron chi connectivity index (χ4n) is 2.05. The normalized spacial score (nSPS) is 18.8. The van der Waals surface area contributed by atoms with Crippen LogP contribution in [0, 0.1) is 18.3 Å². The highest BCUT2D eigenvalue weighted by Crippen LogP contribution is 2.20. The van der Waals surface area contributed by atoms with Crippen LogP contribution in [0.5, 0.6) is 5.75 Å². The molecule has 0 N–H and O–H groups in total. The third-order valence-corrected chi connectivity index (χ3v) is 3.15. The van der Waals surface area contributed by atoms with E-state index in [2.05, 4.69) is 0 Å². The van der Waals surface area contributed by atoms with Crippen LogP contribution < -0.4 is 4.74 Å². The van der Waals surface area contributed by atoms with Crippen molar-refractivity contribution in [1.29, 1.82) is 5.26 Å². The number of nitriles is 1. The maximum atomic E-state index is 12.3. The topological polar surface area (TPSA) is 62.6 Å². The van der Waals surface area contributed by atoms with E-state index in [0.29, 0.717) is 31.0 Å². The Balaban J connectivity index is 2.17. The molecule has 1 atom stereocenters. The molecule has 5 nitrogen and oxygen atoms in total. The number of hydrogen-bond donors (Lipinski definition) is 0. The fraction of sp³-hybridized carbons (Fsp3) is 0.429. The van der Waals surface area contributed by atoms with E-state index in [0.717, 1.165) is 5.56 Å². The van der Waals surface area contributed by atoms with E-state index in [1.54, 1.807) is 24.1 Å². The molecule has 0 radical (unpaired) electrons. The summed E-state index contributed by atoms with van der Waals surface area (Å²) in [4.78, 5) is 14.0. The summed E-state index contributed by atoms with van der Waals surface area (Å²) in [5, 5.41) is 8.85. The first-order valence-electron chi connectivity index (χ1n) is 6.11. The van der Waals surface area contributed by atoms with E-state index in [-0.39, 0.29) is 5.91 Å². The maximum absolute atomic E-state index is 12.3. The summed E-state index contributed by atoms with van der Waals surface area (Å²) in [5.74, 6) is 0.595. The molecule has 1 unspecified atom stereocenters. The molecule has 0 aromatic heterocycles. The molecule has 0 saturated carbocycles. The number of hydrogen-bond acceptors (Lipinski definition) is 4. The predicted octanol–water partition coefficient (Wildman–Crippen LogP) is 1.37. The van der Waals surface area contributed by atoms with Gasteiger partial charge in [0.05, 0.1) is 26.3 Å². The number of carbonyl (C=O) groups is 1. The van der Waals surface area contributed by atoms with Gasteiger partial charge >= 0.3 is 0 Å². The smallest absolute Gasteiger partial charge is 0.254 e. The van der Waals surface area contributed by atoms with Crippen LogP contribution in [0.4, 0.5) is 0 Å². The molecule has 1 aliphatic rings. The van der Waals surface area contributed by atoms with Gasteiger partial charge in [-0.25, -0.2) is 0 Å². The van der Waals surface area contributed by atoms with Crippen molar-refractivity contribution in [3.63, 3.8) is 0 Å². The number of ether oxygens (including phenoxy) is 2. The summed E-state index contributed by atoms with van der Waals surface area (Å²) in [7, 11) is 1.58. The second-order valence-electron chi connectivity index (χ2n) is 4.42. The van der Waals surface area contributed by atoms with Gasteiger partial charge in [0.2, 0.25) is 0 Å². The lowest BCUT2D eigenvalue weighted by atomic mass is 10.1. The summed E-state index contributed by atoms with van der Waals surface area (Å²) in [6.07, 6.45) is -0.537. The monoisotopic (exact) mass is 260 g/mol. The van der Waals surface area contributed by atoms with Crippen molar-refractivity contribution in [2.75, 3.05) is 26.8 Å².